The van der Waals surface area contributed by atoms with Gasteiger partial charge in [-0.25, -0.2) is 15.3 Å². The maximum atomic E-state index is 12.9. The zero-order valence-corrected chi connectivity index (χ0v) is 15.7. The molecular formula is C19H19F3N5O2. The number of rotatable bonds is 5. The Kier molecular flexibility index (Phi) is 5.01. The van der Waals surface area contributed by atoms with Gasteiger partial charge in [-0.15, -0.1) is 0 Å². The molecule has 1 aliphatic heterocycles. The lowest BCUT2D eigenvalue weighted by Crippen LogP contribution is -2.21. The second-order valence-corrected chi connectivity index (χ2v) is 7.05. The van der Waals surface area contributed by atoms with E-state index in [1.165, 1.54) is 12.1 Å². The molecule has 153 valence electrons. The highest BCUT2D eigenvalue weighted by Gasteiger charge is 2.34. The van der Waals surface area contributed by atoms with Gasteiger partial charge in [0.2, 0.25) is 5.88 Å². The number of nitrogens with zero attached hydrogens (tertiary/aromatic N) is 5. The number of hydrogen-bond acceptors (Lipinski definition) is 5. The molecule has 1 aliphatic carbocycles. The maximum Gasteiger partial charge on any atom is 0.433 e. The number of amidine groups is 1. The van der Waals surface area contributed by atoms with Gasteiger partial charge in [0.1, 0.15) is 11.5 Å². The smallest absolute Gasteiger partial charge is 0.406 e. The third-order valence-electron chi connectivity index (χ3n) is 4.92. The van der Waals surface area contributed by atoms with E-state index in [1.54, 1.807) is 4.57 Å². The molecule has 2 aromatic rings. The highest BCUT2D eigenvalue weighted by atomic mass is 19.4. The van der Waals surface area contributed by atoms with Gasteiger partial charge in [0.05, 0.1) is 0 Å². The summed E-state index contributed by atoms with van der Waals surface area (Å²) in [6.07, 6.45) is 0.225. The molecule has 0 saturated heterocycles. The molecule has 2 aliphatic rings. The minimum atomic E-state index is -4.60. The minimum Gasteiger partial charge on any atom is -0.406 e. The molecule has 1 radical (unpaired) electrons. The molecule has 0 atom stereocenters. The summed E-state index contributed by atoms with van der Waals surface area (Å²) >= 11 is 0. The lowest BCUT2D eigenvalue weighted by Gasteiger charge is -2.14. The number of halogens is 3. The summed E-state index contributed by atoms with van der Waals surface area (Å²) in [4.78, 5) is 24.4. The monoisotopic (exact) mass is 406 g/mol. The van der Waals surface area contributed by atoms with Crippen molar-refractivity contribution in [3.63, 3.8) is 0 Å². The molecule has 3 heterocycles. The molecule has 0 N–H and O–H groups in total. The number of ether oxygens (including phenoxy) is 1. The number of aromatic nitrogens is 3. The van der Waals surface area contributed by atoms with Gasteiger partial charge in [-0.2, -0.15) is 18.2 Å². The van der Waals surface area contributed by atoms with Crippen LogP contribution in [0.1, 0.15) is 44.7 Å². The van der Waals surface area contributed by atoms with Crippen molar-refractivity contribution in [3.8, 4) is 11.9 Å². The van der Waals surface area contributed by atoms with E-state index < -0.39 is 17.4 Å². The van der Waals surface area contributed by atoms with Crippen molar-refractivity contribution in [2.24, 2.45) is 10.9 Å². The zero-order valence-electron chi connectivity index (χ0n) is 15.7. The highest BCUT2D eigenvalue weighted by molar-refractivity contribution is 5.96. The fourth-order valence-electron chi connectivity index (χ4n) is 3.57. The second kappa shape index (κ2) is 7.49. The Morgan fingerprint density at radius 3 is 2.66 bits per heavy atom. The number of aliphatic imine (C=N–C) groups is 1. The molecule has 0 spiro atoms. The first-order valence-electron chi connectivity index (χ1n) is 9.54. The predicted molar refractivity (Wildman–Crippen MR) is 98.9 cm³/mol. The summed E-state index contributed by atoms with van der Waals surface area (Å²) in [5.41, 5.74) is -1.55. The van der Waals surface area contributed by atoms with Crippen LogP contribution in [-0.2, 0) is 12.7 Å². The van der Waals surface area contributed by atoms with Gasteiger partial charge in [0, 0.05) is 18.5 Å². The molecular weight excluding hydrogens is 387 g/mol. The van der Waals surface area contributed by atoms with E-state index in [2.05, 4.69) is 20.3 Å². The fraction of sp³-hybridized carbons (Fsp3) is 0.474. The Morgan fingerprint density at radius 2 is 1.97 bits per heavy atom. The van der Waals surface area contributed by atoms with Crippen LogP contribution >= 0.6 is 0 Å². The van der Waals surface area contributed by atoms with E-state index in [9.17, 15) is 18.0 Å². The first-order valence-corrected chi connectivity index (χ1v) is 9.54. The normalized spacial score (nSPS) is 16.5. The Labute approximate surface area is 164 Å². The highest BCUT2D eigenvalue weighted by Crippen LogP contribution is 2.37. The van der Waals surface area contributed by atoms with Gasteiger partial charge in [-0.3, -0.25) is 9.36 Å². The summed E-state index contributed by atoms with van der Waals surface area (Å²) in [5, 5.41) is 4.40. The Bertz CT molecular complexity index is 1010. The average molecular weight is 406 g/mol. The van der Waals surface area contributed by atoms with Crippen molar-refractivity contribution in [3.05, 3.63) is 34.2 Å². The van der Waals surface area contributed by atoms with E-state index >= 15 is 0 Å². The van der Waals surface area contributed by atoms with Crippen molar-refractivity contribution in [1.29, 1.82) is 0 Å². The van der Waals surface area contributed by atoms with Crippen molar-refractivity contribution >= 4 is 17.3 Å². The largest absolute Gasteiger partial charge is 0.433 e. The van der Waals surface area contributed by atoms with Crippen LogP contribution in [0.4, 0.5) is 24.7 Å². The molecule has 0 aromatic carbocycles. The fourth-order valence-corrected chi connectivity index (χ4v) is 3.57. The van der Waals surface area contributed by atoms with Crippen LogP contribution in [0.15, 0.2) is 28.0 Å². The Morgan fingerprint density at radius 1 is 1.21 bits per heavy atom. The topological polar surface area (TPSA) is 83.5 Å². The van der Waals surface area contributed by atoms with Crippen LogP contribution in [0.5, 0.6) is 11.9 Å². The molecule has 0 bridgehead atoms. The molecule has 0 unspecified atom stereocenters. The Hall–Kier alpha value is -2.91. The summed E-state index contributed by atoms with van der Waals surface area (Å²) in [6, 6.07) is 3.17. The Balaban J connectivity index is 1.72. The summed E-state index contributed by atoms with van der Waals surface area (Å²) in [6.45, 7) is 2.34. The third kappa shape index (κ3) is 3.83. The molecule has 2 aromatic heterocycles. The minimum absolute atomic E-state index is 0.144. The van der Waals surface area contributed by atoms with Crippen LogP contribution in [-0.4, -0.2) is 20.4 Å². The average Bonchev–Trinajstić information content (AvgIpc) is 3.34. The molecule has 1 saturated carbocycles. The van der Waals surface area contributed by atoms with Gasteiger partial charge < -0.3 is 4.74 Å². The third-order valence-corrected chi connectivity index (χ3v) is 4.92. The van der Waals surface area contributed by atoms with Crippen molar-refractivity contribution < 1.29 is 17.9 Å². The first-order chi connectivity index (χ1) is 13.9. The SMILES string of the molecule is CCCn1c(Oc2cccc(C(F)(F)F)n2)nc(=O)c2c1N=C(C1CCCC1)[N]2. The van der Waals surface area contributed by atoms with Gasteiger partial charge in [-0.1, -0.05) is 25.8 Å². The molecule has 29 heavy (non-hydrogen) atoms. The number of fused-ring (bicyclic) bond motifs is 1. The van der Waals surface area contributed by atoms with E-state index in [4.69, 9.17) is 4.74 Å². The van der Waals surface area contributed by atoms with Crippen LogP contribution in [0.25, 0.3) is 0 Å². The van der Waals surface area contributed by atoms with Crippen LogP contribution in [0.3, 0.4) is 0 Å². The van der Waals surface area contributed by atoms with Crippen molar-refractivity contribution in [1.82, 2.24) is 19.9 Å². The van der Waals surface area contributed by atoms with Crippen LogP contribution in [0, 0.1) is 5.92 Å². The van der Waals surface area contributed by atoms with Gasteiger partial charge in [0.15, 0.2) is 11.5 Å². The van der Waals surface area contributed by atoms with Crippen molar-refractivity contribution in [2.45, 2.75) is 51.7 Å². The van der Waals surface area contributed by atoms with Crippen molar-refractivity contribution in [2.75, 3.05) is 0 Å². The molecule has 1 fully saturated rings. The standard InChI is InChI=1S/C19H19F3N5O2/c1-2-10-27-16-14(24-15(25-16)11-6-3-4-7-11)17(28)26-18(27)29-13-9-5-8-12(23-13)19(20,21)22/h5,8-9,11H,2-4,6-7,10H2,1H3. The predicted octanol–water partition coefficient (Wildman–Crippen LogP) is 4.33. The zero-order chi connectivity index (χ0) is 20.6. The van der Waals surface area contributed by atoms with Gasteiger partial charge in [0.25, 0.3) is 0 Å². The lowest BCUT2D eigenvalue weighted by atomic mass is 10.1. The molecule has 7 nitrogen and oxygen atoms in total. The molecule has 10 heteroatoms. The number of alkyl halides is 3. The van der Waals surface area contributed by atoms with Crippen LogP contribution in [0.2, 0.25) is 0 Å². The van der Waals surface area contributed by atoms with E-state index in [1.807, 2.05) is 6.92 Å². The van der Waals surface area contributed by atoms with Crippen LogP contribution < -0.4 is 15.6 Å². The summed E-state index contributed by atoms with van der Waals surface area (Å²) in [5.74, 6) is 0.879. The molecule has 0 amide bonds. The van der Waals surface area contributed by atoms with E-state index in [0.717, 1.165) is 31.7 Å². The summed E-state index contributed by atoms with van der Waals surface area (Å²) < 4.78 is 45.8. The second-order valence-electron chi connectivity index (χ2n) is 7.05. The van der Waals surface area contributed by atoms with E-state index in [0.29, 0.717) is 24.6 Å². The van der Waals surface area contributed by atoms with Gasteiger partial charge >= 0.3 is 17.7 Å². The number of hydrogen-bond donors (Lipinski definition) is 0. The number of pyridine rings is 1. The van der Waals surface area contributed by atoms with Gasteiger partial charge in [-0.05, 0) is 25.3 Å². The summed E-state index contributed by atoms with van der Waals surface area (Å²) in [7, 11) is 0. The maximum absolute atomic E-state index is 12.9. The quantitative estimate of drug-likeness (QED) is 0.740. The molecule has 4 rings (SSSR count). The lowest BCUT2D eigenvalue weighted by molar-refractivity contribution is -0.141. The first kappa shape index (κ1) is 19.4. The van der Waals surface area contributed by atoms with E-state index in [-0.39, 0.29) is 23.5 Å².